The molecule has 0 atom stereocenters. The fourth-order valence-corrected chi connectivity index (χ4v) is 0.834. The molecular weight excluding hydrogens is 169 g/mol. The zero-order chi connectivity index (χ0) is 8.27. The molecule has 0 aliphatic rings. The molecule has 2 nitrogen and oxygen atoms in total. The van der Waals surface area contributed by atoms with Crippen molar-refractivity contribution in [2.24, 2.45) is 0 Å². The number of methoxy groups -OCH3 is 1. The standard InChI is InChI=1S/C7H7ClFNO/c1-11-7-6(9)2-5(3-8)4-10-7/h2,4H,3H2,1H3. The van der Waals surface area contributed by atoms with Gasteiger partial charge in [-0.15, -0.1) is 11.6 Å². The second-order valence-corrected chi connectivity index (χ2v) is 2.24. The minimum atomic E-state index is -0.481. The molecule has 1 aromatic heterocycles. The summed E-state index contributed by atoms with van der Waals surface area (Å²) in [6.45, 7) is 0. The molecule has 0 aromatic carbocycles. The summed E-state index contributed by atoms with van der Waals surface area (Å²) in [5.41, 5.74) is 0.643. The number of hydrogen-bond acceptors (Lipinski definition) is 2. The molecule has 1 rings (SSSR count). The van der Waals surface area contributed by atoms with Gasteiger partial charge in [0, 0.05) is 12.1 Å². The van der Waals surface area contributed by atoms with Crippen LogP contribution in [0.25, 0.3) is 0 Å². The summed E-state index contributed by atoms with van der Waals surface area (Å²) in [4.78, 5) is 3.69. The lowest BCUT2D eigenvalue weighted by Gasteiger charge is -2.00. The van der Waals surface area contributed by atoms with Crippen molar-refractivity contribution in [1.82, 2.24) is 4.98 Å². The number of halogens is 2. The second kappa shape index (κ2) is 3.53. The monoisotopic (exact) mass is 175 g/mol. The van der Waals surface area contributed by atoms with E-state index in [-0.39, 0.29) is 11.8 Å². The number of ether oxygens (including phenoxy) is 1. The van der Waals surface area contributed by atoms with E-state index in [1.165, 1.54) is 19.4 Å². The number of pyridine rings is 1. The molecular formula is C7H7ClFNO. The fourth-order valence-electron chi connectivity index (χ4n) is 0.688. The van der Waals surface area contributed by atoms with Gasteiger partial charge in [-0.05, 0) is 11.6 Å². The maximum atomic E-state index is 12.8. The average molecular weight is 176 g/mol. The molecule has 0 bridgehead atoms. The minimum Gasteiger partial charge on any atom is -0.479 e. The van der Waals surface area contributed by atoms with Crippen LogP contribution in [-0.4, -0.2) is 12.1 Å². The summed E-state index contributed by atoms with van der Waals surface area (Å²) in [6.07, 6.45) is 1.48. The van der Waals surface area contributed by atoms with Gasteiger partial charge in [0.05, 0.1) is 7.11 Å². The first-order valence-electron chi connectivity index (χ1n) is 3.02. The van der Waals surface area contributed by atoms with Crippen molar-refractivity contribution in [1.29, 1.82) is 0 Å². The Balaban J connectivity index is 2.99. The van der Waals surface area contributed by atoms with Crippen LogP contribution < -0.4 is 4.74 Å². The third-order valence-corrected chi connectivity index (χ3v) is 1.52. The molecule has 1 heterocycles. The van der Waals surface area contributed by atoms with E-state index in [1.807, 2.05) is 0 Å². The van der Waals surface area contributed by atoms with E-state index in [0.717, 1.165) is 0 Å². The Hall–Kier alpha value is -0.830. The molecule has 0 spiro atoms. The highest BCUT2D eigenvalue weighted by Crippen LogP contribution is 2.14. The van der Waals surface area contributed by atoms with E-state index >= 15 is 0 Å². The lowest BCUT2D eigenvalue weighted by molar-refractivity contribution is 0.368. The Kier molecular flexibility index (Phi) is 2.65. The third kappa shape index (κ3) is 1.80. The summed E-state index contributed by atoms with van der Waals surface area (Å²) in [6, 6.07) is 1.30. The van der Waals surface area contributed by atoms with Crippen molar-refractivity contribution >= 4 is 11.6 Å². The average Bonchev–Trinajstić information content (AvgIpc) is 2.04. The topological polar surface area (TPSA) is 22.1 Å². The Morgan fingerprint density at radius 1 is 1.73 bits per heavy atom. The quantitative estimate of drug-likeness (QED) is 0.642. The minimum absolute atomic E-state index is 0.00105. The van der Waals surface area contributed by atoms with Gasteiger partial charge in [-0.3, -0.25) is 0 Å². The van der Waals surface area contributed by atoms with Crippen LogP contribution >= 0.6 is 11.6 Å². The Morgan fingerprint density at radius 2 is 2.45 bits per heavy atom. The maximum Gasteiger partial charge on any atom is 0.250 e. The Bertz CT molecular complexity index is 254. The number of rotatable bonds is 2. The summed E-state index contributed by atoms with van der Waals surface area (Å²) >= 11 is 5.45. The molecule has 0 aliphatic heterocycles. The summed E-state index contributed by atoms with van der Waals surface area (Å²) < 4.78 is 17.4. The van der Waals surface area contributed by atoms with Gasteiger partial charge < -0.3 is 4.74 Å². The Morgan fingerprint density at radius 3 is 2.91 bits per heavy atom. The Labute approximate surface area is 69.0 Å². The van der Waals surface area contributed by atoms with Gasteiger partial charge in [-0.2, -0.15) is 0 Å². The van der Waals surface area contributed by atoms with Crippen LogP contribution in [0.3, 0.4) is 0 Å². The van der Waals surface area contributed by atoms with E-state index in [1.54, 1.807) is 0 Å². The molecule has 0 aliphatic carbocycles. The van der Waals surface area contributed by atoms with Crippen molar-refractivity contribution in [3.63, 3.8) is 0 Å². The highest BCUT2D eigenvalue weighted by atomic mass is 35.5. The van der Waals surface area contributed by atoms with Crippen molar-refractivity contribution < 1.29 is 9.13 Å². The van der Waals surface area contributed by atoms with Crippen LogP contribution in [0.2, 0.25) is 0 Å². The number of aromatic nitrogens is 1. The van der Waals surface area contributed by atoms with Gasteiger partial charge in [0.2, 0.25) is 5.88 Å². The molecule has 0 saturated carbocycles. The maximum absolute atomic E-state index is 12.8. The van der Waals surface area contributed by atoms with E-state index < -0.39 is 5.82 Å². The third-order valence-electron chi connectivity index (χ3n) is 1.21. The smallest absolute Gasteiger partial charge is 0.250 e. The molecule has 4 heteroatoms. The highest BCUT2D eigenvalue weighted by molar-refractivity contribution is 6.17. The zero-order valence-electron chi connectivity index (χ0n) is 5.97. The van der Waals surface area contributed by atoms with Gasteiger partial charge in [-0.1, -0.05) is 0 Å². The number of hydrogen-bond donors (Lipinski definition) is 0. The summed E-state index contributed by atoms with van der Waals surface area (Å²) in [7, 11) is 1.37. The van der Waals surface area contributed by atoms with E-state index in [2.05, 4.69) is 9.72 Å². The van der Waals surface area contributed by atoms with Gasteiger partial charge in [0.1, 0.15) is 0 Å². The van der Waals surface area contributed by atoms with Crippen molar-refractivity contribution in [3.05, 3.63) is 23.6 Å². The van der Waals surface area contributed by atoms with Crippen LogP contribution in [0.15, 0.2) is 12.3 Å². The summed E-state index contributed by atoms with van der Waals surface area (Å²) in [5.74, 6) is -0.224. The first-order chi connectivity index (χ1) is 5.27. The van der Waals surface area contributed by atoms with E-state index in [4.69, 9.17) is 11.6 Å². The largest absolute Gasteiger partial charge is 0.479 e. The van der Waals surface area contributed by atoms with Crippen LogP contribution in [0.1, 0.15) is 5.56 Å². The van der Waals surface area contributed by atoms with Crippen LogP contribution in [0.4, 0.5) is 4.39 Å². The molecule has 0 fully saturated rings. The first kappa shape index (κ1) is 8.27. The second-order valence-electron chi connectivity index (χ2n) is 1.97. The van der Waals surface area contributed by atoms with E-state index in [0.29, 0.717) is 5.56 Å². The van der Waals surface area contributed by atoms with Crippen molar-refractivity contribution in [2.45, 2.75) is 5.88 Å². The van der Waals surface area contributed by atoms with Crippen LogP contribution in [-0.2, 0) is 5.88 Å². The molecule has 0 N–H and O–H groups in total. The summed E-state index contributed by atoms with van der Waals surface area (Å²) in [5, 5.41) is 0. The normalized spacial score (nSPS) is 9.73. The molecule has 1 aromatic rings. The predicted octanol–water partition coefficient (Wildman–Crippen LogP) is 1.97. The van der Waals surface area contributed by atoms with Gasteiger partial charge >= 0.3 is 0 Å². The SMILES string of the molecule is COc1ncc(CCl)cc1F. The van der Waals surface area contributed by atoms with Gasteiger partial charge in [0.15, 0.2) is 5.82 Å². The van der Waals surface area contributed by atoms with Crippen molar-refractivity contribution in [2.75, 3.05) is 7.11 Å². The van der Waals surface area contributed by atoms with Gasteiger partial charge in [0.25, 0.3) is 0 Å². The molecule has 60 valence electrons. The number of alkyl halides is 1. The zero-order valence-corrected chi connectivity index (χ0v) is 6.73. The predicted molar refractivity (Wildman–Crippen MR) is 40.3 cm³/mol. The van der Waals surface area contributed by atoms with Crippen molar-refractivity contribution in [3.8, 4) is 5.88 Å². The highest BCUT2D eigenvalue weighted by Gasteiger charge is 2.03. The van der Waals surface area contributed by atoms with Gasteiger partial charge in [-0.25, -0.2) is 9.37 Å². The molecule has 0 unspecified atom stereocenters. The van der Waals surface area contributed by atoms with E-state index in [9.17, 15) is 4.39 Å². The molecule has 0 amide bonds. The number of nitrogens with zero attached hydrogens (tertiary/aromatic N) is 1. The van der Waals surface area contributed by atoms with Crippen LogP contribution in [0.5, 0.6) is 5.88 Å². The molecule has 0 radical (unpaired) electrons. The fraction of sp³-hybridized carbons (Fsp3) is 0.286. The first-order valence-corrected chi connectivity index (χ1v) is 3.55. The lowest BCUT2D eigenvalue weighted by atomic mass is 10.3. The lowest BCUT2D eigenvalue weighted by Crippen LogP contribution is -1.93. The van der Waals surface area contributed by atoms with Crippen LogP contribution in [0, 0.1) is 5.82 Å². The molecule has 11 heavy (non-hydrogen) atoms. The molecule has 0 saturated heterocycles.